The molecule has 0 bridgehead atoms. The summed E-state index contributed by atoms with van der Waals surface area (Å²) in [5.74, 6) is 1.21. The average Bonchev–Trinajstić information content (AvgIpc) is 3.11. The van der Waals surface area contributed by atoms with E-state index < -0.39 is 15.4 Å². The number of sulfone groups is 1. The summed E-state index contributed by atoms with van der Waals surface area (Å²) in [7, 11) is -2.94. The minimum absolute atomic E-state index is 0.144. The van der Waals surface area contributed by atoms with Gasteiger partial charge in [-0.2, -0.15) is 11.8 Å². The molecule has 3 N–H and O–H groups in total. The summed E-state index contributed by atoms with van der Waals surface area (Å²) in [6.07, 6.45) is 4.21. The molecular weight excluding hydrogens is 284 g/mol. The fraction of sp³-hybridized carbons (Fsp3) is 0.917. The first kappa shape index (κ1) is 16.8. The lowest BCUT2D eigenvalue weighted by molar-refractivity contribution is -0.124. The third kappa shape index (κ3) is 5.31. The van der Waals surface area contributed by atoms with Gasteiger partial charge in [-0.25, -0.2) is 8.42 Å². The van der Waals surface area contributed by atoms with Gasteiger partial charge in [0.25, 0.3) is 0 Å². The van der Waals surface area contributed by atoms with Crippen LogP contribution in [0.5, 0.6) is 0 Å². The van der Waals surface area contributed by atoms with Crippen molar-refractivity contribution >= 4 is 27.5 Å². The molecule has 0 aromatic carbocycles. The lowest BCUT2D eigenvalue weighted by atomic mass is 9.94. The summed E-state index contributed by atoms with van der Waals surface area (Å²) >= 11 is 1.49. The predicted molar refractivity (Wildman–Crippen MR) is 80.0 cm³/mol. The monoisotopic (exact) mass is 308 g/mol. The highest BCUT2D eigenvalue weighted by Gasteiger charge is 2.49. The van der Waals surface area contributed by atoms with E-state index in [-0.39, 0.29) is 11.7 Å². The van der Waals surface area contributed by atoms with Gasteiger partial charge in [0.15, 0.2) is 0 Å². The molecule has 1 fully saturated rings. The van der Waals surface area contributed by atoms with Gasteiger partial charge in [0.2, 0.25) is 5.91 Å². The number of rotatable bonds is 10. The van der Waals surface area contributed by atoms with Crippen molar-refractivity contribution in [3.05, 3.63) is 0 Å². The summed E-state index contributed by atoms with van der Waals surface area (Å²) in [6, 6.07) is 0. The molecular formula is C12H24N2O3S2. The van der Waals surface area contributed by atoms with E-state index in [1.165, 1.54) is 18.0 Å². The molecule has 5 nitrogen and oxygen atoms in total. The Balaban J connectivity index is 2.56. The number of carbonyl (C=O) groups is 1. The van der Waals surface area contributed by atoms with Gasteiger partial charge in [-0.1, -0.05) is 6.92 Å². The Morgan fingerprint density at radius 1 is 1.47 bits per heavy atom. The first-order valence-electron chi connectivity index (χ1n) is 6.62. The van der Waals surface area contributed by atoms with E-state index in [0.717, 1.165) is 25.8 Å². The third-order valence-corrected chi connectivity index (χ3v) is 5.69. The number of thioether (sulfide) groups is 1. The smallest absolute Gasteiger partial charge is 0.238 e. The highest BCUT2D eigenvalue weighted by atomic mass is 32.2. The number of hydrogen-bond donors (Lipinski definition) is 2. The molecule has 1 aliphatic carbocycles. The summed E-state index contributed by atoms with van der Waals surface area (Å²) < 4.78 is 22.2. The van der Waals surface area contributed by atoms with Gasteiger partial charge in [0, 0.05) is 17.8 Å². The third-order valence-electron chi connectivity index (χ3n) is 3.33. The SMILES string of the molecule is CCCNC(CSCCS(C)(=O)=O)(C(N)=O)C1CC1. The zero-order valence-corrected chi connectivity index (χ0v) is 13.3. The Morgan fingerprint density at radius 2 is 2.11 bits per heavy atom. The normalized spacial score (nSPS) is 19.1. The number of nitrogens with two attached hydrogens (primary N) is 1. The van der Waals surface area contributed by atoms with E-state index in [9.17, 15) is 13.2 Å². The Kier molecular flexibility index (Phi) is 6.14. The van der Waals surface area contributed by atoms with E-state index in [1.807, 2.05) is 6.92 Å². The van der Waals surface area contributed by atoms with Crippen LogP contribution in [0.3, 0.4) is 0 Å². The second-order valence-electron chi connectivity index (χ2n) is 5.22. The molecule has 1 rings (SSSR count). The number of carbonyl (C=O) groups excluding carboxylic acids is 1. The van der Waals surface area contributed by atoms with Gasteiger partial charge in [-0.3, -0.25) is 4.79 Å². The van der Waals surface area contributed by atoms with Gasteiger partial charge < -0.3 is 11.1 Å². The Morgan fingerprint density at radius 3 is 2.53 bits per heavy atom. The molecule has 112 valence electrons. The summed E-state index contributed by atoms with van der Waals surface area (Å²) in [6.45, 7) is 2.80. The van der Waals surface area contributed by atoms with Crippen LogP contribution in [0.2, 0.25) is 0 Å². The molecule has 0 spiro atoms. The van der Waals surface area contributed by atoms with Gasteiger partial charge in [0.05, 0.1) is 5.75 Å². The van der Waals surface area contributed by atoms with Crippen molar-refractivity contribution in [2.24, 2.45) is 11.7 Å². The fourth-order valence-corrected chi connectivity index (χ4v) is 4.67. The molecule has 0 aliphatic heterocycles. The average molecular weight is 308 g/mol. The Bertz CT molecular complexity index is 407. The molecule has 0 heterocycles. The first-order valence-corrected chi connectivity index (χ1v) is 9.84. The summed E-state index contributed by atoms with van der Waals surface area (Å²) in [5, 5.41) is 3.30. The molecule has 1 aliphatic rings. The second-order valence-corrected chi connectivity index (χ2v) is 8.58. The van der Waals surface area contributed by atoms with Crippen LogP contribution in [0.4, 0.5) is 0 Å². The van der Waals surface area contributed by atoms with Crippen molar-refractivity contribution in [3.63, 3.8) is 0 Å². The van der Waals surface area contributed by atoms with Crippen LogP contribution >= 0.6 is 11.8 Å². The molecule has 1 saturated carbocycles. The minimum Gasteiger partial charge on any atom is -0.368 e. The van der Waals surface area contributed by atoms with Crippen LogP contribution < -0.4 is 11.1 Å². The largest absolute Gasteiger partial charge is 0.368 e. The van der Waals surface area contributed by atoms with Crippen LogP contribution in [-0.2, 0) is 14.6 Å². The van der Waals surface area contributed by atoms with Gasteiger partial charge in [0.1, 0.15) is 15.4 Å². The van der Waals surface area contributed by atoms with Gasteiger partial charge >= 0.3 is 0 Å². The molecule has 0 aromatic heterocycles. The standard InChI is InChI=1S/C12H24N2O3S2/c1-3-6-14-12(11(13)15,10-4-5-10)9-18-7-8-19(2,16)17/h10,14H,3-9H2,1-2H3,(H2,13,15). The van der Waals surface area contributed by atoms with Crippen LogP contribution in [0.25, 0.3) is 0 Å². The first-order chi connectivity index (χ1) is 8.82. The zero-order valence-electron chi connectivity index (χ0n) is 11.6. The summed E-state index contributed by atoms with van der Waals surface area (Å²) in [5.41, 5.74) is 4.93. The quantitative estimate of drug-likeness (QED) is 0.570. The van der Waals surface area contributed by atoms with Crippen molar-refractivity contribution in [1.29, 1.82) is 0 Å². The number of nitrogens with one attached hydrogen (secondary N) is 1. The van der Waals surface area contributed by atoms with Crippen molar-refractivity contribution in [2.75, 3.05) is 30.1 Å². The number of amides is 1. The molecule has 0 aromatic rings. The van der Waals surface area contributed by atoms with Crippen LogP contribution in [0, 0.1) is 5.92 Å². The van der Waals surface area contributed by atoms with Crippen LogP contribution in [0.1, 0.15) is 26.2 Å². The second kappa shape index (κ2) is 6.95. The number of primary amides is 1. The van der Waals surface area contributed by atoms with Crippen molar-refractivity contribution in [1.82, 2.24) is 5.32 Å². The Hall–Kier alpha value is -0.270. The molecule has 7 heteroatoms. The maximum atomic E-state index is 11.8. The van der Waals surface area contributed by atoms with E-state index in [4.69, 9.17) is 5.73 Å². The molecule has 1 amide bonds. The van der Waals surface area contributed by atoms with Crippen LogP contribution in [-0.4, -0.2) is 49.9 Å². The molecule has 1 unspecified atom stereocenters. The zero-order chi connectivity index (χ0) is 14.5. The van der Waals surface area contributed by atoms with E-state index in [1.54, 1.807) is 0 Å². The molecule has 19 heavy (non-hydrogen) atoms. The highest BCUT2D eigenvalue weighted by molar-refractivity contribution is 8.00. The summed E-state index contributed by atoms with van der Waals surface area (Å²) in [4.78, 5) is 11.8. The van der Waals surface area contributed by atoms with Crippen LogP contribution in [0.15, 0.2) is 0 Å². The topological polar surface area (TPSA) is 89.3 Å². The molecule has 0 radical (unpaired) electrons. The maximum Gasteiger partial charge on any atom is 0.238 e. The van der Waals surface area contributed by atoms with Gasteiger partial charge in [-0.05, 0) is 31.7 Å². The fourth-order valence-electron chi connectivity index (χ4n) is 2.04. The van der Waals surface area contributed by atoms with Gasteiger partial charge in [-0.15, -0.1) is 0 Å². The Labute approximate surface area is 120 Å². The number of hydrogen-bond acceptors (Lipinski definition) is 5. The molecule has 1 atom stereocenters. The molecule has 0 saturated heterocycles. The lowest BCUT2D eigenvalue weighted by Gasteiger charge is -2.31. The van der Waals surface area contributed by atoms with Crippen molar-refractivity contribution in [2.45, 2.75) is 31.7 Å². The lowest BCUT2D eigenvalue weighted by Crippen LogP contribution is -2.59. The predicted octanol–water partition coefficient (Wildman–Crippen LogP) is 0.398. The van der Waals surface area contributed by atoms with E-state index in [0.29, 0.717) is 17.4 Å². The van der Waals surface area contributed by atoms with Crippen molar-refractivity contribution in [3.8, 4) is 0 Å². The van der Waals surface area contributed by atoms with E-state index >= 15 is 0 Å². The minimum atomic E-state index is -2.94. The highest BCUT2D eigenvalue weighted by Crippen LogP contribution is 2.41. The maximum absolute atomic E-state index is 11.8. The van der Waals surface area contributed by atoms with E-state index in [2.05, 4.69) is 5.32 Å². The van der Waals surface area contributed by atoms with Crippen molar-refractivity contribution < 1.29 is 13.2 Å².